The molecule has 0 aliphatic heterocycles. The van der Waals surface area contributed by atoms with Crippen LogP contribution in [-0.2, 0) is 26.2 Å². The lowest BCUT2D eigenvalue weighted by atomic mass is 10.1. The highest BCUT2D eigenvalue weighted by molar-refractivity contribution is 9.10. The van der Waals surface area contributed by atoms with E-state index in [9.17, 15) is 18.0 Å². The quantitative estimate of drug-likeness (QED) is 0.234. The van der Waals surface area contributed by atoms with Gasteiger partial charge in [0.15, 0.2) is 11.5 Å². The van der Waals surface area contributed by atoms with Gasteiger partial charge in [-0.3, -0.25) is 13.9 Å². The molecule has 0 aliphatic carbocycles. The monoisotopic (exact) mass is 705 g/mol. The maximum Gasteiger partial charge on any atom is 0.265 e. The van der Waals surface area contributed by atoms with Crippen molar-refractivity contribution < 1.29 is 37.0 Å². The van der Waals surface area contributed by atoms with E-state index in [1.54, 1.807) is 19.1 Å². The van der Waals surface area contributed by atoms with E-state index in [1.165, 1.54) is 57.6 Å². The van der Waals surface area contributed by atoms with Gasteiger partial charge in [0, 0.05) is 29.2 Å². The Bertz CT molecular complexity index is 1580. The minimum absolute atomic E-state index is 0.0562. The lowest BCUT2D eigenvalue weighted by Crippen LogP contribution is -2.52. The van der Waals surface area contributed by atoms with Gasteiger partial charge in [-0.25, -0.2) is 8.42 Å². The van der Waals surface area contributed by atoms with Crippen molar-refractivity contribution in [2.75, 3.05) is 39.3 Å². The van der Waals surface area contributed by atoms with Crippen LogP contribution in [0.1, 0.15) is 32.8 Å². The summed E-state index contributed by atoms with van der Waals surface area (Å²) in [5, 5.41) is 2.92. The molecule has 0 heterocycles. The topological polar surface area (TPSA) is 124 Å². The molecule has 0 aromatic heterocycles. The molecule has 3 aromatic rings. The molecule has 0 aliphatic rings. The van der Waals surface area contributed by atoms with Gasteiger partial charge >= 0.3 is 0 Å². The Morgan fingerprint density at radius 3 is 2.04 bits per heavy atom. The van der Waals surface area contributed by atoms with Crippen molar-refractivity contribution in [2.24, 2.45) is 0 Å². The molecule has 0 saturated carbocycles. The van der Waals surface area contributed by atoms with Crippen LogP contribution in [-0.4, -0.2) is 72.2 Å². The second-order valence-corrected chi connectivity index (χ2v) is 13.0. The van der Waals surface area contributed by atoms with Crippen molar-refractivity contribution in [3.8, 4) is 23.0 Å². The molecular formula is C32H40BrN3O8S. The van der Waals surface area contributed by atoms with Gasteiger partial charge in [0.25, 0.3) is 10.0 Å². The third-order valence-corrected chi connectivity index (χ3v) is 9.60. The molecule has 3 rings (SSSR count). The number of sulfonamides is 1. The summed E-state index contributed by atoms with van der Waals surface area (Å²) in [7, 11) is 1.24. The summed E-state index contributed by atoms with van der Waals surface area (Å²) in [6.07, 6.45) is 0.700. The summed E-state index contributed by atoms with van der Waals surface area (Å²) in [6.45, 7) is 4.84. The molecule has 0 spiro atoms. The fraction of sp³-hybridized carbons (Fsp3) is 0.375. The first-order chi connectivity index (χ1) is 21.4. The smallest absolute Gasteiger partial charge is 0.265 e. The highest BCUT2D eigenvalue weighted by Crippen LogP contribution is 2.37. The number of hydrogen-bond donors (Lipinski definition) is 1. The number of nitrogens with zero attached hydrogens (tertiary/aromatic N) is 2. The molecule has 2 amide bonds. The molecule has 0 radical (unpaired) electrons. The average Bonchev–Trinajstić information content (AvgIpc) is 3.05. The minimum Gasteiger partial charge on any atom is -0.497 e. The molecule has 0 unspecified atom stereocenters. The number of hydrogen-bond acceptors (Lipinski definition) is 8. The number of amides is 2. The third-order valence-electron chi connectivity index (χ3n) is 7.31. The first kappa shape index (κ1) is 35.5. The Balaban J connectivity index is 2.16. The van der Waals surface area contributed by atoms with Gasteiger partial charge in [-0.15, -0.1) is 0 Å². The second kappa shape index (κ2) is 15.8. The zero-order valence-electron chi connectivity index (χ0n) is 26.5. The molecule has 13 heteroatoms. The van der Waals surface area contributed by atoms with Crippen molar-refractivity contribution in [2.45, 2.75) is 50.7 Å². The van der Waals surface area contributed by atoms with E-state index in [0.29, 0.717) is 17.9 Å². The summed E-state index contributed by atoms with van der Waals surface area (Å²) in [5.74, 6) is 0.0877. The number of carbonyl (C=O) groups excluding carboxylic acids is 2. The average molecular weight is 707 g/mol. The van der Waals surface area contributed by atoms with Gasteiger partial charge in [-0.2, -0.15) is 0 Å². The van der Waals surface area contributed by atoms with Crippen molar-refractivity contribution >= 4 is 43.5 Å². The molecule has 244 valence electrons. The molecule has 11 nitrogen and oxygen atoms in total. The van der Waals surface area contributed by atoms with Gasteiger partial charge in [0.1, 0.15) is 24.1 Å². The molecule has 0 fully saturated rings. The number of rotatable bonds is 15. The zero-order valence-corrected chi connectivity index (χ0v) is 28.9. The van der Waals surface area contributed by atoms with E-state index in [2.05, 4.69) is 21.2 Å². The van der Waals surface area contributed by atoms with E-state index in [-0.39, 0.29) is 40.6 Å². The SMILES string of the molecule is CC[C@@H](C)NC(=O)[C@H](C)N(Cc1ccc(Br)cc1)C(=O)CN(c1cc(OC)ccc1OC)S(=O)(=O)c1ccc(OC)c(OC)c1. The maximum atomic E-state index is 14.4. The zero-order chi connectivity index (χ0) is 33.3. The van der Waals surface area contributed by atoms with Crippen LogP contribution in [0.2, 0.25) is 0 Å². The molecule has 2 atom stereocenters. The molecular weight excluding hydrogens is 666 g/mol. The summed E-state index contributed by atoms with van der Waals surface area (Å²) < 4.78 is 52.1. The standard InChI is InChI=1S/C32H40BrN3O8S/c1-8-21(2)34-32(38)22(3)35(19-23-9-11-24(33)12-10-23)31(37)20-36(27-17-25(41-4)13-15-28(27)42-5)45(39,40)26-14-16-29(43-6)30(18-26)44-7/h9-18,21-22H,8,19-20H2,1-7H3,(H,34,38)/t21-,22+/m1/s1. The number of carbonyl (C=O) groups is 2. The van der Waals surface area contributed by atoms with Crippen molar-refractivity contribution in [1.29, 1.82) is 0 Å². The van der Waals surface area contributed by atoms with Gasteiger partial charge in [0.05, 0.1) is 39.0 Å². The summed E-state index contributed by atoms with van der Waals surface area (Å²) >= 11 is 3.42. The molecule has 0 bridgehead atoms. The van der Waals surface area contributed by atoms with Gasteiger partial charge in [-0.1, -0.05) is 35.0 Å². The van der Waals surface area contributed by atoms with Crippen LogP contribution in [0.15, 0.2) is 70.0 Å². The summed E-state index contributed by atoms with van der Waals surface area (Å²) in [6, 6.07) is 15.1. The Morgan fingerprint density at radius 2 is 1.47 bits per heavy atom. The Kier molecular flexibility index (Phi) is 12.5. The first-order valence-corrected chi connectivity index (χ1v) is 16.4. The number of anilines is 1. The summed E-state index contributed by atoms with van der Waals surface area (Å²) in [5.41, 5.74) is 0.822. The lowest BCUT2D eigenvalue weighted by Gasteiger charge is -2.33. The molecule has 3 aromatic carbocycles. The van der Waals surface area contributed by atoms with Gasteiger partial charge < -0.3 is 29.2 Å². The van der Waals surface area contributed by atoms with Crippen LogP contribution in [0.4, 0.5) is 5.69 Å². The Hall–Kier alpha value is -3.97. The van der Waals surface area contributed by atoms with Crippen molar-refractivity contribution in [3.05, 3.63) is 70.7 Å². The number of halogens is 1. The number of benzene rings is 3. The van der Waals surface area contributed by atoms with Crippen molar-refractivity contribution in [3.63, 3.8) is 0 Å². The van der Waals surface area contributed by atoms with Crippen LogP contribution in [0.3, 0.4) is 0 Å². The second-order valence-electron chi connectivity index (χ2n) is 10.2. The summed E-state index contributed by atoms with van der Waals surface area (Å²) in [4.78, 5) is 28.8. The Morgan fingerprint density at radius 1 is 0.844 bits per heavy atom. The van der Waals surface area contributed by atoms with E-state index < -0.39 is 28.5 Å². The largest absolute Gasteiger partial charge is 0.497 e. The van der Waals surface area contributed by atoms with E-state index in [4.69, 9.17) is 18.9 Å². The number of ether oxygens (including phenoxy) is 4. The van der Waals surface area contributed by atoms with Crippen LogP contribution < -0.4 is 28.6 Å². The molecule has 45 heavy (non-hydrogen) atoms. The van der Waals surface area contributed by atoms with Crippen LogP contribution in [0.5, 0.6) is 23.0 Å². The van der Waals surface area contributed by atoms with E-state index >= 15 is 0 Å². The minimum atomic E-state index is -4.44. The van der Waals surface area contributed by atoms with Crippen LogP contribution in [0, 0.1) is 0 Å². The van der Waals surface area contributed by atoms with Crippen LogP contribution >= 0.6 is 15.9 Å². The van der Waals surface area contributed by atoms with Gasteiger partial charge in [-0.05, 0) is 62.2 Å². The maximum absolute atomic E-state index is 14.4. The molecule has 0 saturated heterocycles. The fourth-order valence-corrected chi connectivity index (χ4v) is 6.14. The predicted molar refractivity (Wildman–Crippen MR) is 176 cm³/mol. The van der Waals surface area contributed by atoms with Gasteiger partial charge in [0.2, 0.25) is 11.8 Å². The Labute approximate surface area is 273 Å². The lowest BCUT2D eigenvalue weighted by molar-refractivity contribution is -0.139. The highest BCUT2D eigenvalue weighted by Gasteiger charge is 2.35. The van der Waals surface area contributed by atoms with E-state index in [1.807, 2.05) is 38.1 Å². The third kappa shape index (κ3) is 8.60. The normalized spacial score (nSPS) is 12.4. The van der Waals surface area contributed by atoms with E-state index in [0.717, 1.165) is 14.3 Å². The predicted octanol–water partition coefficient (Wildman–Crippen LogP) is 5.01. The van der Waals surface area contributed by atoms with Crippen molar-refractivity contribution in [1.82, 2.24) is 10.2 Å². The number of nitrogens with one attached hydrogen (secondary N) is 1. The fourth-order valence-electron chi connectivity index (χ4n) is 4.44. The molecule has 1 N–H and O–H groups in total. The number of methoxy groups -OCH3 is 4. The van der Waals surface area contributed by atoms with Crippen LogP contribution in [0.25, 0.3) is 0 Å². The first-order valence-electron chi connectivity index (χ1n) is 14.2. The highest BCUT2D eigenvalue weighted by atomic mass is 79.9.